The van der Waals surface area contributed by atoms with E-state index in [0.29, 0.717) is 5.82 Å². The monoisotopic (exact) mass is 735 g/mol. The second kappa shape index (κ2) is 12.6. The summed E-state index contributed by atoms with van der Waals surface area (Å²) in [4.78, 5) is 5.31. The SMILES string of the molecule is CP1(=O)c2ccccc2-c2c(-c3cc(-c4nc5c(-c6ccccc6)cc(-c6ccccc6)cn5n4)cc(-c4cc5ccccc5c5ccccc45)c3)cccc21. The quantitative estimate of drug-likeness (QED) is 0.131. The summed E-state index contributed by atoms with van der Waals surface area (Å²) in [7, 11) is -2.78. The summed E-state index contributed by atoms with van der Waals surface area (Å²) >= 11 is 0. The lowest BCUT2D eigenvalue weighted by Crippen LogP contribution is -2.08. The molecule has 0 N–H and O–H groups in total. The molecule has 10 aromatic rings. The average Bonchev–Trinajstić information content (AvgIpc) is 3.80. The number of benzene rings is 8. The van der Waals surface area contributed by atoms with E-state index in [-0.39, 0.29) is 0 Å². The van der Waals surface area contributed by atoms with Gasteiger partial charge in [-0.2, -0.15) is 0 Å². The highest BCUT2D eigenvalue weighted by atomic mass is 31.2. The van der Waals surface area contributed by atoms with Gasteiger partial charge in [-0.3, -0.25) is 0 Å². The number of hydrogen-bond acceptors (Lipinski definition) is 3. The van der Waals surface area contributed by atoms with Crippen LogP contribution in [0.15, 0.2) is 188 Å². The van der Waals surface area contributed by atoms with Crippen molar-refractivity contribution in [3.8, 4) is 67.0 Å². The highest BCUT2D eigenvalue weighted by molar-refractivity contribution is 7.79. The first-order chi connectivity index (χ1) is 27.5. The van der Waals surface area contributed by atoms with E-state index in [9.17, 15) is 4.57 Å². The van der Waals surface area contributed by atoms with Crippen LogP contribution in [0.25, 0.3) is 94.2 Å². The maximum Gasteiger partial charge on any atom is 0.182 e. The van der Waals surface area contributed by atoms with E-state index >= 15 is 0 Å². The van der Waals surface area contributed by atoms with Crippen molar-refractivity contribution in [1.82, 2.24) is 14.6 Å². The predicted molar refractivity (Wildman–Crippen MR) is 233 cm³/mol. The summed E-state index contributed by atoms with van der Waals surface area (Å²) in [6.07, 6.45) is 2.08. The zero-order chi connectivity index (χ0) is 37.4. The molecule has 56 heavy (non-hydrogen) atoms. The van der Waals surface area contributed by atoms with Gasteiger partial charge in [0.1, 0.15) is 7.14 Å². The van der Waals surface area contributed by atoms with Gasteiger partial charge >= 0.3 is 0 Å². The van der Waals surface area contributed by atoms with Crippen LogP contribution in [0, 0.1) is 0 Å². The molecule has 0 saturated carbocycles. The van der Waals surface area contributed by atoms with Crippen molar-refractivity contribution in [2.75, 3.05) is 6.66 Å². The van der Waals surface area contributed by atoms with Gasteiger partial charge in [0.25, 0.3) is 0 Å². The molecule has 1 aliphatic rings. The normalized spacial score (nSPS) is 14.7. The number of hydrogen-bond donors (Lipinski definition) is 0. The Morgan fingerprint density at radius 2 is 1.05 bits per heavy atom. The molecule has 0 radical (unpaired) electrons. The molecular formula is C51H34N3OP. The van der Waals surface area contributed by atoms with Gasteiger partial charge in [-0.1, -0.05) is 152 Å². The Morgan fingerprint density at radius 3 is 1.86 bits per heavy atom. The summed E-state index contributed by atoms with van der Waals surface area (Å²) in [5.74, 6) is 0.634. The minimum Gasteiger partial charge on any atom is -0.314 e. The molecule has 1 unspecified atom stereocenters. The molecule has 2 aromatic heterocycles. The third-order valence-electron chi connectivity index (χ3n) is 11.3. The summed E-state index contributed by atoms with van der Waals surface area (Å²) in [6, 6.07) is 63.8. The van der Waals surface area contributed by atoms with Crippen LogP contribution in [0.1, 0.15) is 0 Å². The van der Waals surface area contributed by atoms with Gasteiger partial charge in [-0.05, 0) is 97.5 Å². The number of fused-ring (bicyclic) bond motifs is 7. The number of pyridine rings is 1. The first kappa shape index (κ1) is 32.6. The largest absolute Gasteiger partial charge is 0.314 e. The van der Waals surface area contributed by atoms with E-state index in [1.807, 2.05) is 53.6 Å². The fraction of sp³-hybridized carbons (Fsp3) is 0.0196. The molecule has 8 aromatic carbocycles. The van der Waals surface area contributed by atoms with E-state index in [4.69, 9.17) is 10.1 Å². The Morgan fingerprint density at radius 1 is 0.446 bits per heavy atom. The lowest BCUT2D eigenvalue weighted by molar-refractivity contribution is 0.591. The van der Waals surface area contributed by atoms with Crippen LogP contribution in [-0.4, -0.2) is 21.3 Å². The predicted octanol–water partition coefficient (Wildman–Crippen LogP) is 12.3. The molecule has 1 aliphatic heterocycles. The molecule has 0 bridgehead atoms. The molecule has 0 fully saturated rings. The van der Waals surface area contributed by atoms with E-state index in [2.05, 4.69) is 146 Å². The van der Waals surface area contributed by atoms with Gasteiger partial charge in [-0.25, -0.2) is 9.50 Å². The lowest BCUT2D eigenvalue weighted by atomic mass is 9.88. The third kappa shape index (κ3) is 5.11. The highest BCUT2D eigenvalue weighted by Crippen LogP contribution is 2.53. The fourth-order valence-electron chi connectivity index (χ4n) is 8.69. The smallest absolute Gasteiger partial charge is 0.182 e. The molecule has 5 heteroatoms. The van der Waals surface area contributed by atoms with Crippen molar-refractivity contribution in [2.24, 2.45) is 0 Å². The summed E-state index contributed by atoms with van der Waals surface area (Å²) < 4.78 is 16.4. The summed E-state index contributed by atoms with van der Waals surface area (Å²) in [5, 5.41) is 11.9. The summed E-state index contributed by atoms with van der Waals surface area (Å²) in [5.41, 5.74) is 12.3. The lowest BCUT2D eigenvalue weighted by Gasteiger charge is -2.16. The van der Waals surface area contributed by atoms with Crippen molar-refractivity contribution in [3.05, 3.63) is 188 Å². The molecule has 0 amide bonds. The Balaban J connectivity index is 1.20. The van der Waals surface area contributed by atoms with E-state index in [1.54, 1.807) is 0 Å². The van der Waals surface area contributed by atoms with Gasteiger partial charge in [-0.15, -0.1) is 5.10 Å². The topological polar surface area (TPSA) is 47.3 Å². The van der Waals surface area contributed by atoms with E-state index in [0.717, 1.165) is 77.5 Å². The number of nitrogens with zero attached hydrogens (tertiary/aromatic N) is 3. The molecule has 0 saturated heterocycles. The van der Waals surface area contributed by atoms with Gasteiger partial charge in [0.05, 0.1) is 0 Å². The number of rotatable bonds is 5. The van der Waals surface area contributed by atoms with Gasteiger partial charge in [0, 0.05) is 39.1 Å². The molecule has 4 nitrogen and oxygen atoms in total. The first-order valence-electron chi connectivity index (χ1n) is 18.9. The van der Waals surface area contributed by atoms with Gasteiger partial charge in [0.2, 0.25) is 0 Å². The molecule has 3 heterocycles. The molecule has 0 aliphatic carbocycles. The zero-order valence-corrected chi connectivity index (χ0v) is 31.5. The maximum atomic E-state index is 14.4. The van der Waals surface area contributed by atoms with E-state index < -0.39 is 7.14 Å². The standard InChI is InChI=1S/C51H34N3OP/c1-56(55)47-25-13-12-23-44(47)49-41(24-14-26-48(49)56)36-27-37(45-30-35-19-8-9-20-40(35)42-21-10-11-22-43(42)45)29-38(28-36)50-52-51-46(34-17-6-3-7-18-34)31-39(32-54(51)53-50)33-15-4-2-5-16-33/h2-32H,1H3. The Labute approximate surface area is 324 Å². The maximum absolute atomic E-state index is 14.4. The van der Waals surface area contributed by atoms with Crippen LogP contribution >= 0.6 is 7.14 Å². The zero-order valence-electron chi connectivity index (χ0n) is 30.6. The Hall–Kier alpha value is -6.87. The Kier molecular flexibility index (Phi) is 7.32. The molecule has 0 spiro atoms. The molecule has 264 valence electrons. The second-order valence-corrected chi connectivity index (χ2v) is 17.5. The van der Waals surface area contributed by atoms with Crippen LogP contribution in [0.4, 0.5) is 0 Å². The molecule has 1 atom stereocenters. The first-order valence-corrected chi connectivity index (χ1v) is 21.1. The van der Waals surface area contributed by atoms with Crippen molar-refractivity contribution >= 4 is 44.9 Å². The van der Waals surface area contributed by atoms with E-state index in [1.165, 1.54) is 21.5 Å². The van der Waals surface area contributed by atoms with Crippen LogP contribution in [-0.2, 0) is 4.57 Å². The average molecular weight is 736 g/mol. The highest BCUT2D eigenvalue weighted by Gasteiger charge is 2.36. The summed E-state index contributed by atoms with van der Waals surface area (Å²) in [6.45, 7) is 1.90. The molecule has 11 rings (SSSR count). The minimum atomic E-state index is -2.78. The van der Waals surface area contributed by atoms with Crippen molar-refractivity contribution in [2.45, 2.75) is 0 Å². The minimum absolute atomic E-state index is 0.634. The second-order valence-electron chi connectivity index (χ2n) is 14.7. The fourth-order valence-corrected chi connectivity index (χ4v) is 11.0. The van der Waals surface area contributed by atoms with Crippen LogP contribution in [0.3, 0.4) is 0 Å². The van der Waals surface area contributed by atoms with Crippen molar-refractivity contribution in [3.63, 3.8) is 0 Å². The van der Waals surface area contributed by atoms with Crippen molar-refractivity contribution in [1.29, 1.82) is 0 Å². The van der Waals surface area contributed by atoms with Gasteiger partial charge in [0.15, 0.2) is 11.5 Å². The molecular weight excluding hydrogens is 702 g/mol. The van der Waals surface area contributed by atoms with Crippen molar-refractivity contribution < 1.29 is 4.57 Å². The Bertz CT molecular complexity index is 3240. The van der Waals surface area contributed by atoms with Crippen LogP contribution < -0.4 is 10.6 Å². The third-order valence-corrected chi connectivity index (χ3v) is 13.9. The van der Waals surface area contributed by atoms with Crippen LogP contribution in [0.5, 0.6) is 0 Å². The van der Waals surface area contributed by atoms with Gasteiger partial charge < -0.3 is 4.57 Å². The number of aromatic nitrogens is 3. The van der Waals surface area contributed by atoms with Crippen LogP contribution in [0.2, 0.25) is 0 Å².